The minimum absolute atomic E-state index is 1.06. The second-order valence-electron chi connectivity index (χ2n) is 7.89. The monoisotopic (exact) mass is 348 g/mol. The third-order valence-electron chi connectivity index (χ3n) is 6.16. The van der Waals surface area contributed by atoms with E-state index in [1.807, 2.05) is 0 Å². The molecule has 126 valence electrons. The molecular formula is C27H17Li. The summed E-state index contributed by atoms with van der Waals surface area (Å²) in [5.74, 6) is 0. The molecule has 0 spiro atoms. The van der Waals surface area contributed by atoms with Gasteiger partial charge in [0.1, 0.15) is 0 Å². The fourth-order valence-electron chi connectivity index (χ4n) is 4.68. The Bertz CT molecular complexity index is 1480. The fourth-order valence-corrected chi connectivity index (χ4v) is 4.68. The average Bonchev–Trinajstić information content (AvgIpc) is 3.16. The summed E-state index contributed by atoms with van der Waals surface area (Å²) in [7, 11) is 0. The zero-order chi connectivity index (χ0) is 18.7. The van der Waals surface area contributed by atoms with Gasteiger partial charge in [0.25, 0.3) is 0 Å². The zero-order valence-corrected chi connectivity index (χ0v) is 15.9. The summed E-state index contributed by atoms with van der Waals surface area (Å²) in [6, 6.07) is 29.2. The molecule has 0 amide bonds. The minimum atomic E-state index is 1.06. The van der Waals surface area contributed by atoms with Crippen molar-refractivity contribution in [3.8, 4) is 0 Å². The molecule has 0 heterocycles. The Kier molecular flexibility index (Phi) is 3.54. The van der Waals surface area contributed by atoms with Gasteiger partial charge in [-0.2, -0.15) is 0 Å². The van der Waals surface area contributed by atoms with Gasteiger partial charge in [-0.3, -0.25) is 0 Å². The van der Waals surface area contributed by atoms with Gasteiger partial charge in [0.05, 0.1) is 0 Å². The van der Waals surface area contributed by atoms with Crippen molar-refractivity contribution >= 4 is 66.4 Å². The standard InChI is InChI=1S/C27H17.Li/c1-2-7-18(6-1)24-11-5-10-21-15-23-13-12-22-14-19-8-3-4-9-20(19)16-25(22)27(23)17-26(21)24;/h1,3-6,8-17H,2H2;. The van der Waals surface area contributed by atoms with Crippen molar-refractivity contribution in [2.45, 2.75) is 6.42 Å². The topological polar surface area (TPSA) is 0 Å². The zero-order valence-electron chi connectivity index (χ0n) is 15.9. The Morgan fingerprint density at radius 2 is 1.21 bits per heavy atom. The van der Waals surface area contributed by atoms with E-state index in [1.54, 1.807) is 0 Å². The van der Waals surface area contributed by atoms with Crippen LogP contribution in [0, 0.1) is 0 Å². The SMILES string of the molecule is [Li][C]1=C(c2cccc3cc4ccc5cc6ccccc6cc5c4cc23)C=CC1. The fraction of sp³-hybridized carbons (Fsp3) is 0.0370. The molecule has 1 heteroatoms. The predicted molar refractivity (Wildman–Crippen MR) is 123 cm³/mol. The van der Waals surface area contributed by atoms with Gasteiger partial charge < -0.3 is 0 Å². The molecule has 0 atom stereocenters. The van der Waals surface area contributed by atoms with E-state index in [-0.39, 0.29) is 0 Å². The van der Waals surface area contributed by atoms with Crippen LogP contribution in [0.3, 0.4) is 0 Å². The number of fused-ring (bicyclic) bond motifs is 5. The van der Waals surface area contributed by atoms with Crippen LogP contribution in [-0.2, 0) is 0 Å². The van der Waals surface area contributed by atoms with E-state index in [0.717, 1.165) is 6.42 Å². The van der Waals surface area contributed by atoms with Crippen LogP contribution in [0.2, 0.25) is 0 Å². The predicted octanol–water partition coefficient (Wildman–Crippen LogP) is 7.14. The Labute approximate surface area is 173 Å². The molecular weight excluding hydrogens is 331 g/mol. The van der Waals surface area contributed by atoms with Gasteiger partial charge in [0.2, 0.25) is 0 Å². The summed E-state index contributed by atoms with van der Waals surface area (Å²) in [5, 5.41) is 10.5. The maximum atomic E-state index is 2.41. The van der Waals surface area contributed by atoms with Crippen LogP contribution in [-0.4, -0.2) is 17.7 Å². The van der Waals surface area contributed by atoms with Crippen LogP contribution in [0.5, 0.6) is 0 Å². The third kappa shape index (κ3) is 2.39. The molecule has 1 aliphatic carbocycles. The van der Waals surface area contributed by atoms with Gasteiger partial charge in [0, 0.05) is 0 Å². The van der Waals surface area contributed by atoms with Crippen LogP contribution in [0.25, 0.3) is 48.7 Å². The normalized spacial score (nSPS) is 14.2. The molecule has 0 nitrogen and oxygen atoms in total. The molecule has 5 aromatic rings. The molecule has 5 aromatic carbocycles. The van der Waals surface area contributed by atoms with Gasteiger partial charge in [0.15, 0.2) is 0 Å². The van der Waals surface area contributed by atoms with Gasteiger partial charge in [-0.15, -0.1) is 0 Å². The molecule has 0 fully saturated rings. The molecule has 0 aromatic heterocycles. The van der Waals surface area contributed by atoms with Crippen LogP contribution < -0.4 is 0 Å². The van der Waals surface area contributed by atoms with E-state index >= 15 is 0 Å². The van der Waals surface area contributed by atoms with Crippen molar-refractivity contribution in [2.75, 3.05) is 0 Å². The molecule has 6 rings (SSSR count). The first kappa shape index (κ1) is 16.2. The van der Waals surface area contributed by atoms with Gasteiger partial charge in [-0.25, -0.2) is 0 Å². The van der Waals surface area contributed by atoms with E-state index in [1.165, 1.54) is 58.5 Å². The first-order chi connectivity index (χ1) is 13.8. The molecule has 0 saturated heterocycles. The van der Waals surface area contributed by atoms with Crippen LogP contribution >= 0.6 is 0 Å². The molecule has 28 heavy (non-hydrogen) atoms. The Morgan fingerprint density at radius 1 is 0.571 bits per heavy atom. The Hall–Kier alpha value is -2.78. The van der Waals surface area contributed by atoms with Crippen molar-refractivity contribution < 1.29 is 0 Å². The molecule has 0 aliphatic heterocycles. The molecule has 1 aliphatic rings. The third-order valence-corrected chi connectivity index (χ3v) is 6.16. The maximum absolute atomic E-state index is 2.41. The summed E-state index contributed by atoms with van der Waals surface area (Å²) in [4.78, 5) is 0. The van der Waals surface area contributed by atoms with E-state index in [0.29, 0.717) is 0 Å². The number of hydrogen-bond donors (Lipinski definition) is 0. The average molecular weight is 348 g/mol. The summed E-state index contributed by atoms with van der Waals surface area (Å²) in [6.07, 6.45) is 5.62. The van der Waals surface area contributed by atoms with Gasteiger partial charge in [-0.05, 0) is 0 Å². The van der Waals surface area contributed by atoms with E-state index in [4.69, 9.17) is 0 Å². The first-order valence-electron chi connectivity index (χ1n) is 9.93. The van der Waals surface area contributed by atoms with Crippen LogP contribution in [0.1, 0.15) is 12.0 Å². The van der Waals surface area contributed by atoms with E-state index in [9.17, 15) is 0 Å². The van der Waals surface area contributed by atoms with Crippen molar-refractivity contribution in [1.82, 2.24) is 0 Å². The van der Waals surface area contributed by atoms with Crippen molar-refractivity contribution in [2.24, 2.45) is 0 Å². The molecule has 0 unspecified atom stereocenters. The number of hydrogen-bond acceptors (Lipinski definition) is 0. The number of benzene rings is 5. The molecule has 0 N–H and O–H groups in total. The van der Waals surface area contributed by atoms with Crippen molar-refractivity contribution in [3.63, 3.8) is 0 Å². The van der Waals surface area contributed by atoms with Crippen LogP contribution in [0.15, 0.2) is 95.3 Å². The second-order valence-corrected chi connectivity index (χ2v) is 7.89. The van der Waals surface area contributed by atoms with Gasteiger partial charge in [-0.1, -0.05) is 0 Å². The summed E-state index contributed by atoms with van der Waals surface area (Å²) in [5.41, 5.74) is 2.74. The second kappa shape index (κ2) is 6.11. The first-order valence-corrected chi connectivity index (χ1v) is 9.93. The quantitative estimate of drug-likeness (QED) is 0.172. The summed E-state index contributed by atoms with van der Waals surface area (Å²) in [6.45, 7) is 0. The number of allylic oxidation sites excluding steroid dienone is 4. The summed E-state index contributed by atoms with van der Waals surface area (Å²) >= 11 is 2.25. The number of rotatable bonds is 1. The van der Waals surface area contributed by atoms with E-state index < -0.39 is 0 Å². The molecule has 0 radical (unpaired) electrons. The van der Waals surface area contributed by atoms with Crippen LogP contribution in [0.4, 0.5) is 0 Å². The Morgan fingerprint density at radius 3 is 1.96 bits per heavy atom. The molecule has 0 bridgehead atoms. The van der Waals surface area contributed by atoms with Gasteiger partial charge >= 0.3 is 174 Å². The Balaban J connectivity index is 1.75. The molecule has 0 saturated carbocycles. The summed E-state index contributed by atoms with van der Waals surface area (Å²) < 4.78 is 1.46. The van der Waals surface area contributed by atoms with Crippen molar-refractivity contribution in [1.29, 1.82) is 0 Å². The van der Waals surface area contributed by atoms with Crippen molar-refractivity contribution in [3.05, 3.63) is 101 Å². The van der Waals surface area contributed by atoms with E-state index in [2.05, 4.69) is 109 Å².